The maximum Gasteiger partial charge on any atom is 0.251 e. The van der Waals surface area contributed by atoms with Crippen molar-refractivity contribution in [1.29, 1.82) is 0 Å². The number of thiophene rings is 1. The third-order valence-corrected chi connectivity index (χ3v) is 5.85. The Morgan fingerprint density at radius 1 is 1.15 bits per heavy atom. The molecule has 0 aliphatic heterocycles. The molecule has 4 N–H and O–H groups in total. The largest absolute Gasteiger partial charge is 0.365 e. The Hall–Kier alpha value is -2.67. The van der Waals surface area contributed by atoms with E-state index >= 15 is 0 Å². The minimum absolute atomic E-state index is 0.0738. The van der Waals surface area contributed by atoms with E-state index < -0.39 is 11.9 Å². The van der Waals surface area contributed by atoms with Crippen molar-refractivity contribution in [2.75, 3.05) is 5.32 Å². The average molecular weight is 385 g/mol. The summed E-state index contributed by atoms with van der Waals surface area (Å²) in [6.45, 7) is 1.42. The monoisotopic (exact) mass is 385 g/mol. The lowest BCUT2D eigenvalue weighted by Crippen LogP contribution is -2.30. The summed E-state index contributed by atoms with van der Waals surface area (Å²) in [5, 5.41) is 6.18. The van der Waals surface area contributed by atoms with E-state index in [0.717, 1.165) is 41.7 Å². The topological polar surface area (TPSA) is 101 Å². The Morgan fingerprint density at radius 2 is 1.85 bits per heavy atom. The smallest absolute Gasteiger partial charge is 0.251 e. The fourth-order valence-corrected chi connectivity index (χ4v) is 4.77. The lowest BCUT2D eigenvalue weighted by Gasteiger charge is -2.18. The molecule has 1 aromatic carbocycles. The predicted octanol–water partition coefficient (Wildman–Crippen LogP) is 2.93. The van der Waals surface area contributed by atoms with Crippen LogP contribution in [0.4, 0.5) is 5.00 Å². The van der Waals surface area contributed by atoms with Crippen molar-refractivity contribution < 1.29 is 14.4 Å². The summed E-state index contributed by atoms with van der Waals surface area (Å²) in [7, 11) is 0. The minimum Gasteiger partial charge on any atom is -0.365 e. The van der Waals surface area contributed by atoms with Crippen molar-refractivity contribution in [2.24, 2.45) is 5.73 Å². The number of benzene rings is 1. The number of hydrogen-bond acceptors (Lipinski definition) is 4. The highest BCUT2D eigenvalue weighted by Crippen LogP contribution is 2.38. The number of amides is 3. The number of fused-ring (bicyclic) bond motifs is 1. The van der Waals surface area contributed by atoms with E-state index in [2.05, 4.69) is 10.6 Å². The molecule has 0 fully saturated rings. The Morgan fingerprint density at radius 3 is 2.52 bits per heavy atom. The number of hydrogen-bond donors (Lipinski definition) is 3. The number of aryl methyl sites for hydroxylation is 1. The predicted molar refractivity (Wildman–Crippen MR) is 106 cm³/mol. The van der Waals surface area contributed by atoms with E-state index in [1.165, 1.54) is 18.3 Å². The molecule has 1 aliphatic rings. The molecule has 1 unspecified atom stereocenters. The molecular weight excluding hydrogens is 362 g/mol. The van der Waals surface area contributed by atoms with Crippen LogP contribution < -0.4 is 16.4 Å². The van der Waals surface area contributed by atoms with Gasteiger partial charge in [-0.3, -0.25) is 14.4 Å². The minimum atomic E-state index is -0.508. The molecule has 1 heterocycles. The van der Waals surface area contributed by atoms with Gasteiger partial charge >= 0.3 is 0 Å². The number of anilines is 1. The molecule has 1 atom stereocenters. The third-order valence-electron chi connectivity index (χ3n) is 4.64. The van der Waals surface area contributed by atoms with Gasteiger partial charge in [-0.2, -0.15) is 0 Å². The van der Waals surface area contributed by atoms with Crippen LogP contribution in [0.3, 0.4) is 0 Å². The van der Waals surface area contributed by atoms with Gasteiger partial charge < -0.3 is 16.4 Å². The van der Waals surface area contributed by atoms with Gasteiger partial charge in [-0.15, -0.1) is 11.3 Å². The van der Waals surface area contributed by atoms with Gasteiger partial charge in [-0.25, -0.2) is 0 Å². The number of carbonyl (C=O) groups is 3. The lowest BCUT2D eigenvalue weighted by molar-refractivity contribution is -0.120. The third kappa shape index (κ3) is 4.54. The van der Waals surface area contributed by atoms with Gasteiger partial charge in [-0.1, -0.05) is 30.3 Å². The van der Waals surface area contributed by atoms with E-state index in [0.29, 0.717) is 10.6 Å². The van der Waals surface area contributed by atoms with Gasteiger partial charge in [-0.05, 0) is 36.8 Å². The molecule has 2 aromatic rings. The molecule has 27 heavy (non-hydrogen) atoms. The summed E-state index contributed by atoms with van der Waals surface area (Å²) in [5.41, 5.74) is 7.85. The highest BCUT2D eigenvalue weighted by atomic mass is 32.1. The van der Waals surface area contributed by atoms with Gasteiger partial charge in [0.05, 0.1) is 18.0 Å². The van der Waals surface area contributed by atoms with E-state index in [4.69, 9.17) is 5.73 Å². The van der Waals surface area contributed by atoms with E-state index in [-0.39, 0.29) is 18.2 Å². The molecule has 1 aromatic heterocycles. The van der Waals surface area contributed by atoms with Gasteiger partial charge in [0.25, 0.3) is 5.91 Å². The zero-order chi connectivity index (χ0) is 19.4. The molecular formula is C20H23N3O3S. The van der Waals surface area contributed by atoms with Crippen molar-refractivity contribution >= 4 is 34.1 Å². The summed E-state index contributed by atoms with van der Waals surface area (Å²) in [4.78, 5) is 37.3. The van der Waals surface area contributed by atoms with E-state index in [1.807, 2.05) is 30.3 Å². The molecule has 0 saturated carbocycles. The standard InChI is InChI=1S/C20H23N3O3S/c1-12(24)22-15(13-7-3-2-4-8-13)11-17(25)23-20-18(19(21)26)14-9-5-6-10-16(14)27-20/h2-4,7-8,15H,5-6,9-11H2,1H3,(H2,21,26)(H,22,24)(H,23,25). The second-order valence-electron chi connectivity index (χ2n) is 6.70. The second kappa shape index (κ2) is 8.35. The van der Waals surface area contributed by atoms with Gasteiger partial charge in [0, 0.05) is 11.8 Å². The zero-order valence-corrected chi connectivity index (χ0v) is 16.0. The fraction of sp³-hybridized carbons (Fsp3) is 0.350. The summed E-state index contributed by atoms with van der Waals surface area (Å²) in [6, 6.07) is 8.90. The summed E-state index contributed by atoms with van der Waals surface area (Å²) < 4.78 is 0. The van der Waals surface area contributed by atoms with Crippen LogP contribution in [0.2, 0.25) is 0 Å². The second-order valence-corrected chi connectivity index (χ2v) is 7.80. The van der Waals surface area contributed by atoms with Crippen LogP contribution in [0.15, 0.2) is 30.3 Å². The number of primary amides is 1. The molecule has 3 amide bonds. The Bertz CT molecular complexity index is 861. The first-order valence-corrected chi connectivity index (χ1v) is 9.83. The van der Waals surface area contributed by atoms with Crippen molar-refractivity contribution in [3.05, 3.63) is 51.9 Å². The first-order valence-electron chi connectivity index (χ1n) is 9.02. The zero-order valence-electron chi connectivity index (χ0n) is 15.2. The van der Waals surface area contributed by atoms with E-state index in [1.54, 1.807) is 0 Å². The highest BCUT2D eigenvalue weighted by Gasteiger charge is 2.26. The molecule has 6 nitrogen and oxygen atoms in total. The normalized spacial score (nSPS) is 14.1. The van der Waals surface area contributed by atoms with Crippen LogP contribution in [0.25, 0.3) is 0 Å². The van der Waals surface area contributed by atoms with Crippen molar-refractivity contribution in [3.8, 4) is 0 Å². The summed E-state index contributed by atoms with van der Waals surface area (Å²) >= 11 is 1.44. The molecule has 0 radical (unpaired) electrons. The first kappa shape index (κ1) is 19.1. The molecule has 7 heteroatoms. The average Bonchev–Trinajstić information content (AvgIpc) is 2.99. The number of nitrogens with two attached hydrogens (primary N) is 1. The van der Waals surface area contributed by atoms with E-state index in [9.17, 15) is 14.4 Å². The highest BCUT2D eigenvalue weighted by molar-refractivity contribution is 7.17. The van der Waals surface area contributed by atoms with Gasteiger partial charge in [0.15, 0.2) is 0 Å². The number of carbonyl (C=O) groups excluding carboxylic acids is 3. The van der Waals surface area contributed by atoms with Crippen molar-refractivity contribution in [2.45, 2.75) is 45.1 Å². The quantitative estimate of drug-likeness (QED) is 0.712. The molecule has 0 spiro atoms. The Balaban J connectivity index is 1.79. The van der Waals surface area contributed by atoms with Crippen molar-refractivity contribution in [1.82, 2.24) is 5.32 Å². The fourth-order valence-electron chi connectivity index (χ4n) is 3.46. The summed E-state index contributed by atoms with van der Waals surface area (Å²) in [6.07, 6.45) is 3.91. The molecule has 3 rings (SSSR count). The Kier molecular flexibility index (Phi) is 5.91. The summed E-state index contributed by atoms with van der Waals surface area (Å²) in [5.74, 6) is -0.981. The maximum atomic E-state index is 12.7. The molecule has 1 aliphatic carbocycles. The number of nitrogens with one attached hydrogen (secondary N) is 2. The van der Waals surface area contributed by atoms with Crippen LogP contribution in [0.5, 0.6) is 0 Å². The van der Waals surface area contributed by atoms with Crippen LogP contribution in [0, 0.1) is 0 Å². The Labute approximate surface area is 162 Å². The van der Waals surface area contributed by atoms with Crippen LogP contribution >= 0.6 is 11.3 Å². The molecule has 0 bridgehead atoms. The van der Waals surface area contributed by atoms with Gasteiger partial charge in [0.2, 0.25) is 11.8 Å². The lowest BCUT2D eigenvalue weighted by atomic mass is 9.95. The molecule has 142 valence electrons. The van der Waals surface area contributed by atoms with Crippen LogP contribution in [0.1, 0.15) is 58.6 Å². The van der Waals surface area contributed by atoms with Gasteiger partial charge in [0.1, 0.15) is 5.00 Å². The number of rotatable bonds is 6. The van der Waals surface area contributed by atoms with Crippen LogP contribution in [-0.2, 0) is 22.4 Å². The maximum absolute atomic E-state index is 12.7. The molecule has 0 saturated heterocycles. The first-order chi connectivity index (χ1) is 13.0. The van der Waals surface area contributed by atoms with Crippen molar-refractivity contribution in [3.63, 3.8) is 0 Å². The van der Waals surface area contributed by atoms with Crippen LogP contribution in [-0.4, -0.2) is 17.7 Å². The SMILES string of the molecule is CC(=O)NC(CC(=O)Nc1sc2c(c1C(N)=O)CCCC2)c1ccccc1.